The molecule has 0 bridgehead atoms. The molecule has 1 fully saturated rings. The van der Waals surface area contributed by atoms with E-state index < -0.39 is 22.7 Å². The van der Waals surface area contributed by atoms with E-state index in [4.69, 9.17) is 14.6 Å². The third kappa shape index (κ3) is 4.17. The van der Waals surface area contributed by atoms with E-state index >= 15 is 0 Å². The number of ether oxygens (including phenoxy) is 2. The highest BCUT2D eigenvalue weighted by atomic mass is 32.2. The highest BCUT2D eigenvalue weighted by molar-refractivity contribution is 7.88. The third-order valence-electron chi connectivity index (χ3n) is 6.15. The highest BCUT2D eigenvalue weighted by Gasteiger charge is 2.38. The number of aromatic amines is 1. The first-order valence-corrected chi connectivity index (χ1v) is 13.3. The van der Waals surface area contributed by atoms with Gasteiger partial charge in [0.2, 0.25) is 21.8 Å². The standard InChI is InChI=1S/C23H22F2N6O4S/c1-36(32,33)30-13-10-31-22(34-11-13)17(18(29-31)12-6-7-12)19-16(14-4-2-8-26-20(14)28-19)15-5-3-9-27-21(15)35-23(24)25/h2-5,8-9,12-13,23,30H,6-7,10-11H2,1H3,(H,26,28)/t13-/m0/s1. The predicted molar refractivity (Wildman–Crippen MR) is 126 cm³/mol. The second-order valence-electron chi connectivity index (χ2n) is 8.93. The lowest BCUT2D eigenvalue weighted by molar-refractivity contribution is -0.0524. The van der Waals surface area contributed by atoms with Gasteiger partial charge in [-0.05, 0) is 37.1 Å². The van der Waals surface area contributed by atoms with Gasteiger partial charge in [-0.2, -0.15) is 13.9 Å². The lowest BCUT2D eigenvalue weighted by Crippen LogP contribution is -2.44. The van der Waals surface area contributed by atoms with E-state index in [0.717, 1.165) is 24.8 Å². The van der Waals surface area contributed by atoms with Crippen LogP contribution in [0.25, 0.3) is 33.4 Å². The molecule has 13 heteroatoms. The van der Waals surface area contributed by atoms with Crippen LogP contribution in [0, 0.1) is 0 Å². The summed E-state index contributed by atoms with van der Waals surface area (Å²) in [5.74, 6) is 0.489. The normalized spacial score (nSPS) is 17.8. The first-order chi connectivity index (χ1) is 17.3. The molecule has 2 aliphatic rings. The number of hydrogen-bond acceptors (Lipinski definition) is 7. The van der Waals surface area contributed by atoms with E-state index in [1.165, 1.54) is 6.20 Å². The van der Waals surface area contributed by atoms with Crippen LogP contribution in [0.3, 0.4) is 0 Å². The van der Waals surface area contributed by atoms with Crippen molar-refractivity contribution in [3.63, 3.8) is 0 Å². The van der Waals surface area contributed by atoms with Crippen molar-refractivity contribution in [2.75, 3.05) is 12.9 Å². The van der Waals surface area contributed by atoms with Crippen molar-refractivity contribution in [3.05, 3.63) is 42.4 Å². The second kappa shape index (κ2) is 8.52. The largest absolute Gasteiger partial charge is 0.476 e. The lowest BCUT2D eigenvalue weighted by Gasteiger charge is -2.24. The first-order valence-electron chi connectivity index (χ1n) is 11.4. The molecule has 10 nitrogen and oxygen atoms in total. The van der Waals surface area contributed by atoms with Gasteiger partial charge in [-0.1, -0.05) is 0 Å². The van der Waals surface area contributed by atoms with Crippen molar-refractivity contribution in [1.29, 1.82) is 0 Å². The molecular weight excluding hydrogens is 494 g/mol. The molecule has 0 saturated heterocycles. The minimum absolute atomic E-state index is 0.121. The number of hydrogen-bond donors (Lipinski definition) is 2. The molecule has 2 N–H and O–H groups in total. The van der Waals surface area contributed by atoms with E-state index in [-0.39, 0.29) is 18.4 Å². The summed E-state index contributed by atoms with van der Waals surface area (Å²) in [4.78, 5) is 11.8. The molecule has 0 unspecified atom stereocenters. The van der Waals surface area contributed by atoms with Crippen LogP contribution >= 0.6 is 0 Å². The van der Waals surface area contributed by atoms with Crippen LogP contribution in [0.15, 0.2) is 36.7 Å². The summed E-state index contributed by atoms with van der Waals surface area (Å²) in [6, 6.07) is 6.46. The Morgan fingerprint density at radius 1 is 1.19 bits per heavy atom. The van der Waals surface area contributed by atoms with Crippen molar-refractivity contribution in [2.24, 2.45) is 0 Å². The summed E-state index contributed by atoms with van der Waals surface area (Å²) in [5.41, 5.74) is 3.64. The van der Waals surface area contributed by atoms with Gasteiger partial charge >= 0.3 is 6.61 Å². The van der Waals surface area contributed by atoms with Gasteiger partial charge in [-0.3, -0.25) is 0 Å². The molecule has 5 heterocycles. The summed E-state index contributed by atoms with van der Waals surface area (Å²) in [7, 11) is -3.43. The van der Waals surface area contributed by atoms with Gasteiger partial charge in [0.15, 0.2) is 0 Å². The molecule has 1 atom stereocenters. The van der Waals surface area contributed by atoms with Crippen molar-refractivity contribution < 1.29 is 26.7 Å². The molecular formula is C23H22F2N6O4S. The molecule has 0 radical (unpaired) electrons. The Kier molecular flexibility index (Phi) is 5.41. The Morgan fingerprint density at radius 2 is 1.97 bits per heavy atom. The van der Waals surface area contributed by atoms with Crippen LogP contribution in [0.5, 0.6) is 11.8 Å². The molecule has 1 aliphatic carbocycles. The number of H-pyrrole nitrogens is 1. The van der Waals surface area contributed by atoms with Crippen LogP contribution in [0.1, 0.15) is 24.5 Å². The molecule has 0 spiro atoms. The van der Waals surface area contributed by atoms with Crippen molar-refractivity contribution in [1.82, 2.24) is 29.5 Å². The maximum Gasteiger partial charge on any atom is 0.388 e. The van der Waals surface area contributed by atoms with Gasteiger partial charge in [0.25, 0.3) is 0 Å². The molecule has 36 heavy (non-hydrogen) atoms. The zero-order valence-electron chi connectivity index (χ0n) is 19.1. The maximum absolute atomic E-state index is 13.2. The Hall–Kier alpha value is -3.58. The summed E-state index contributed by atoms with van der Waals surface area (Å²) < 4.78 is 65.0. The number of alkyl halides is 2. The van der Waals surface area contributed by atoms with Crippen molar-refractivity contribution in [2.45, 2.75) is 38.0 Å². The Balaban J connectivity index is 1.55. The van der Waals surface area contributed by atoms with Crippen molar-refractivity contribution in [3.8, 4) is 34.1 Å². The zero-order valence-corrected chi connectivity index (χ0v) is 19.9. The number of aromatic nitrogens is 5. The Labute approximate surface area is 204 Å². The molecule has 0 aromatic carbocycles. The number of pyridine rings is 2. The van der Waals surface area contributed by atoms with E-state index in [9.17, 15) is 17.2 Å². The fourth-order valence-corrected chi connectivity index (χ4v) is 5.42. The highest BCUT2D eigenvalue weighted by Crippen LogP contribution is 2.51. The van der Waals surface area contributed by atoms with Crippen LogP contribution < -0.4 is 14.2 Å². The molecule has 0 amide bonds. The van der Waals surface area contributed by atoms with Gasteiger partial charge in [0.05, 0.1) is 35.8 Å². The Morgan fingerprint density at radius 3 is 2.72 bits per heavy atom. The number of nitrogens with one attached hydrogen (secondary N) is 2. The van der Waals surface area contributed by atoms with Crippen LogP contribution in [-0.4, -0.2) is 58.7 Å². The fraction of sp³-hybridized carbons (Fsp3) is 0.348. The topological polar surface area (TPSA) is 124 Å². The molecule has 4 aromatic heterocycles. The van der Waals surface area contributed by atoms with E-state index in [0.29, 0.717) is 45.8 Å². The molecule has 188 valence electrons. The Bertz CT molecular complexity index is 1560. The smallest absolute Gasteiger partial charge is 0.388 e. The average Bonchev–Trinajstić information content (AvgIpc) is 3.50. The fourth-order valence-electron chi connectivity index (χ4n) is 4.68. The summed E-state index contributed by atoms with van der Waals surface area (Å²) >= 11 is 0. The van der Waals surface area contributed by atoms with Gasteiger partial charge in [0, 0.05) is 34.8 Å². The number of nitrogens with zero attached hydrogens (tertiary/aromatic N) is 4. The summed E-state index contributed by atoms with van der Waals surface area (Å²) in [5, 5.41) is 5.50. The molecule has 1 aliphatic heterocycles. The monoisotopic (exact) mass is 516 g/mol. The van der Waals surface area contributed by atoms with E-state index in [1.54, 1.807) is 29.1 Å². The number of sulfonamides is 1. The molecule has 6 rings (SSSR count). The van der Waals surface area contributed by atoms with Crippen LogP contribution in [-0.2, 0) is 16.6 Å². The summed E-state index contributed by atoms with van der Waals surface area (Å²) in [6.07, 6.45) is 6.04. The van der Waals surface area contributed by atoms with Gasteiger partial charge in [0.1, 0.15) is 12.3 Å². The van der Waals surface area contributed by atoms with Gasteiger partial charge in [-0.25, -0.2) is 27.8 Å². The van der Waals surface area contributed by atoms with Crippen LogP contribution in [0.2, 0.25) is 0 Å². The van der Waals surface area contributed by atoms with Gasteiger partial charge in [-0.15, -0.1) is 0 Å². The average molecular weight is 517 g/mol. The number of halogens is 2. The minimum atomic E-state index is -3.43. The van der Waals surface area contributed by atoms with Gasteiger partial charge < -0.3 is 14.5 Å². The lowest BCUT2D eigenvalue weighted by atomic mass is 9.98. The SMILES string of the molecule is CS(=O)(=O)N[C@@H]1COc2c(-c3[nH]c4ncccc4c3-c3cccnc3OC(F)F)c(C3CC3)nn2C1. The third-order valence-corrected chi connectivity index (χ3v) is 6.92. The van der Waals surface area contributed by atoms with Crippen molar-refractivity contribution >= 4 is 21.1 Å². The zero-order chi connectivity index (χ0) is 25.0. The quantitative estimate of drug-likeness (QED) is 0.386. The van der Waals surface area contributed by atoms with E-state index in [1.807, 2.05) is 6.07 Å². The maximum atomic E-state index is 13.2. The van der Waals surface area contributed by atoms with E-state index in [2.05, 4.69) is 19.7 Å². The molecule has 4 aromatic rings. The first kappa shape index (κ1) is 22.9. The minimum Gasteiger partial charge on any atom is -0.476 e. The predicted octanol–water partition coefficient (Wildman–Crippen LogP) is 3.28. The number of fused-ring (bicyclic) bond motifs is 2. The number of rotatable bonds is 7. The van der Waals surface area contributed by atoms with Crippen LogP contribution in [0.4, 0.5) is 8.78 Å². The second-order valence-corrected chi connectivity index (χ2v) is 10.7. The molecule has 1 saturated carbocycles. The summed E-state index contributed by atoms with van der Waals surface area (Å²) in [6.45, 7) is -2.63.